The largest absolute Gasteiger partial charge is 0.487 e. The minimum Gasteiger partial charge on any atom is -0.487 e. The Balaban J connectivity index is 1.53. The summed E-state index contributed by atoms with van der Waals surface area (Å²) < 4.78 is 13.3. The van der Waals surface area contributed by atoms with E-state index in [0.717, 1.165) is 10.0 Å². The molecule has 7 nitrogen and oxygen atoms in total. The minimum atomic E-state index is -0.536. The van der Waals surface area contributed by atoms with Crippen LogP contribution in [0.3, 0.4) is 0 Å². The average molecular weight is 637 g/mol. The van der Waals surface area contributed by atoms with Gasteiger partial charge in [0, 0.05) is 16.6 Å². The quantitative estimate of drug-likeness (QED) is 0.128. The van der Waals surface area contributed by atoms with Crippen LogP contribution in [0.25, 0.3) is 6.08 Å². The maximum Gasteiger partial charge on any atom is 0.363 e. The molecule has 0 saturated carbocycles. The molecule has 0 aromatic heterocycles. The van der Waals surface area contributed by atoms with E-state index < -0.39 is 10.9 Å². The lowest BCUT2D eigenvalue weighted by Crippen LogP contribution is -2.05. The lowest BCUT2D eigenvalue weighted by atomic mass is 10.2. The first kappa shape index (κ1) is 23.3. The summed E-state index contributed by atoms with van der Waals surface area (Å²) in [6.45, 7) is 0.224. The van der Waals surface area contributed by atoms with Crippen molar-refractivity contribution in [3.8, 4) is 5.75 Å². The van der Waals surface area contributed by atoms with Gasteiger partial charge in [0.05, 0.1) is 19.4 Å². The summed E-state index contributed by atoms with van der Waals surface area (Å²) in [5, 5.41) is 10.8. The number of hydrogen-bond donors (Lipinski definition) is 0. The molecule has 0 saturated heterocycles. The normalized spacial score (nSPS) is 14.2. The first-order valence-electron chi connectivity index (χ1n) is 9.44. The van der Waals surface area contributed by atoms with E-state index in [1.165, 1.54) is 12.1 Å². The Hall–Kier alpha value is -2.82. The molecule has 1 aliphatic heterocycles. The standard InChI is InChI=1S/C23H13Br3N2O5/c24-17-4-2-1-3-16(17)22-27-20(23(29)33-22)11-14-9-18(25)21(19(26)10-14)32-12-13-5-7-15(8-6-13)28(30)31/h1-11H,12H2/b20-11-. The monoisotopic (exact) mass is 634 g/mol. The number of esters is 1. The third-order valence-corrected chi connectivity index (χ3v) is 6.45. The molecule has 1 aliphatic rings. The molecule has 3 aromatic carbocycles. The molecule has 3 aromatic rings. The van der Waals surface area contributed by atoms with Crippen molar-refractivity contribution in [2.24, 2.45) is 4.99 Å². The second kappa shape index (κ2) is 9.98. The fourth-order valence-corrected chi connectivity index (χ4v) is 4.89. The highest BCUT2D eigenvalue weighted by atomic mass is 79.9. The van der Waals surface area contributed by atoms with Gasteiger partial charge in [0.2, 0.25) is 5.90 Å². The van der Waals surface area contributed by atoms with Gasteiger partial charge in [-0.1, -0.05) is 12.1 Å². The number of hydrogen-bond acceptors (Lipinski definition) is 6. The molecule has 33 heavy (non-hydrogen) atoms. The molecule has 0 bridgehead atoms. The van der Waals surface area contributed by atoms with E-state index in [-0.39, 0.29) is 23.9 Å². The van der Waals surface area contributed by atoms with E-state index in [0.29, 0.717) is 25.8 Å². The van der Waals surface area contributed by atoms with E-state index in [4.69, 9.17) is 9.47 Å². The predicted molar refractivity (Wildman–Crippen MR) is 134 cm³/mol. The smallest absolute Gasteiger partial charge is 0.363 e. The van der Waals surface area contributed by atoms with Crippen molar-refractivity contribution in [2.75, 3.05) is 0 Å². The lowest BCUT2D eigenvalue weighted by Gasteiger charge is -2.11. The zero-order chi connectivity index (χ0) is 23.5. The first-order valence-corrected chi connectivity index (χ1v) is 11.8. The maximum absolute atomic E-state index is 12.3. The van der Waals surface area contributed by atoms with Gasteiger partial charge in [-0.2, -0.15) is 0 Å². The fourth-order valence-electron chi connectivity index (χ4n) is 2.99. The van der Waals surface area contributed by atoms with Crippen molar-refractivity contribution in [3.63, 3.8) is 0 Å². The number of benzene rings is 3. The van der Waals surface area contributed by atoms with Gasteiger partial charge in [0.1, 0.15) is 12.4 Å². The van der Waals surface area contributed by atoms with Gasteiger partial charge in [0.15, 0.2) is 5.70 Å². The number of carbonyl (C=O) groups excluding carboxylic acids is 1. The van der Waals surface area contributed by atoms with E-state index in [1.54, 1.807) is 30.3 Å². The molecule has 0 N–H and O–H groups in total. The number of carbonyl (C=O) groups is 1. The number of cyclic esters (lactones) is 1. The summed E-state index contributed by atoms with van der Waals surface area (Å²) in [5.41, 5.74) is 2.38. The summed E-state index contributed by atoms with van der Waals surface area (Å²) in [6.07, 6.45) is 1.63. The third-order valence-electron chi connectivity index (χ3n) is 4.58. The molecule has 1 heterocycles. The number of nitrogens with zero attached hydrogens (tertiary/aromatic N) is 2. The Morgan fingerprint density at radius 1 is 1.00 bits per heavy atom. The summed E-state index contributed by atoms with van der Waals surface area (Å²) in [5.74, 6) is 0.258. The van der Waals surface area contributed by atoms with E-state index in [1.807, 2.05) is 24.3 Å². The third kappa shape index (κ3) is 5.40. The van der Waals surface area contributed by atoms with Crippen molar-refractivity contribution in [2.45, 2.75) is 6.61 Å². The maximum atomic E-state index is 12.3. The molecule has 0 atom stereocenters. The van der Waals surface area contributed by atoms with Gasteiger partial charge in [-0.3, -0.25) is 10.1 Å². The molecule has 10 heteroatoms. The van der Waals surface area contributed by atoms with Crippen LogP contribution in [0.2, 0.25) is 0 Å². The van der Waals surface area contributed by atoms with Crippen LogP contribution in [0.15, 0.2) is 84.8 Å². The molecule has 4 rings (SSSR count). The van der Waals surface area contributed by atoms with Crippen LogP contribution in [0, 0.1) is 10.1 Å². The highest BCUT2D eigenvalue weighted by Crippen LogP contribution is 2.36. The van der Waals surface area contributed by atoms with Gasteiger partial charge in [-0.25, -0.2) is 9.79 Å². The number of nitro benzene ring substituents is 1. The predicted octanol–water partition coefficient (Wildman–Crippen LogP) is 6.81. The number of nitro groups is 1. The topological polar surface area (TPSA) is 91.0 Å². The molecule has 0 spiro atoms. The first-order chi connectivity index (χ1) is 15.8. The SMILES string of the molecule is O=C1OC(c2ccccc2Br)=N/C1=C\c1cc(Br)c(OCc2ccc([N+](=O)[O-])cc2)c(Br)c1. The van der Waals surface area contributed by atoms with E-state index in [9.17, 15) is 14.9 Å². The van der Waals surface area contributed by atoms with Gasteiger partial charge in [-0.05, 0) is 101 Å². The lowest BCUT2D eigenvalue weighted by molar-refractivity contribution is -0.384. The van der Waals surface area contributed by atoms with Gasteiger partial charge in [-0.15, -0.1) is 0 Å². The number of non-ortho nitro benzene ring substituents is 1. The Labute approximate surface area is 213 Å². The Bertz CT molecular complexity index is 1300. The minimum absolute atomic E-state index is 0.0226. The van der Waals surface area contributed by atoms with Crippen molar-refractivity contribution in [1.82, 2.24) is 0 Å². The highest BCUT2D eigenvalue weighted by Gasteiger charge is 2.25. The number of aliphatic imine (C=N–C) groups is 1. The Kier molecular flexibility index (Phi) is 7.06. The zero-order valence-corrected chi connectivity index (χ0v) is 21.4. The van der Waals surface area contributed by atoms with Crippen LogP contribution < -0.4 is 4.74 Å². The van der Waals surface area contributed by atoms with Gasteiger partial charge < -0.3 is 9.47 Å². The average Bonchev–Trinajstić information content (AvgIpc) is 3.13. The van der Waals surface area contributed by atoms with Crippen molar-refractivity contribution >= 4 is 71.4 Å². The fraction of sp³-hybridized carbons (Fsp3) is 0.0435. The highest BCUT2D eigenvalue weighted by molar-refractivity contribution is 9.11. The molecule has 0 fully saturated rings. The molecule has 0 unspecified atom stereocenters. The Morgan fingerprint density at radius 2 is 1.67 bits per heavy atom. The van der Waals surface area contributed by atoms with Gasteiger partial charge in [0.25, 0.3) is 5.69 Å². The van der Waals surface area contributed by atoms with Crippen molar-refractivity contribution in [3.05, 3.63) is 107 Å². The molecular weight excluding hydrogens is 624 g/mol. The molecule has 0 radical (unpaired) electrons. The number of ether oxygens (including phenoxy) is 2. The van der Waals surface area contributed by atoms with Crippen LogP contribution >= 0.6 is 47.8 Å². The molecule has 166 valence electrons. The van der Waals surface area contributed by atoms with Crippen LogP contribution in [0.4, 0.5) is 5.69 Å². The summed E-state index contributed by atoms with van der Waals surface area (Å²) in [4.78, 5) is 27.0. The van der Waals surface area contributed by atoms with E-state index in [2.05, 4.69) is 52.8 Å². The van der Waals surface area contributed by atoms with E-state index >= 15 is 0 Å². The summed E-state index contributed by atoms with van der Waals surface area (Å²) >= 11 is 10.4. The Morgan fingerprint density at radius 3 is 2.30 bits per heavy atom. The van der Waals surface area contributed by atoms with Crippen LogP contribution in [-0.2, 0) is 16.1 Å². The molecule has 0 aliphatic carbocycles. The molecule has 0 amide bonds. The van der Waals surface area contributed by atoms with Crippen molar-refractivity contribution < 1.29 is 19.2 Å². The second-order valence-corrected chi connectivity index (χ2v) is 9.40. The van der Waals surface area contributed by atoms with Crippen LogP contribution in [0.5, 0.6) is 5.75 Å². The number of halogens is 3. The zero-order valence-electron chi connectivity index (χ0n) is 16.6. The van der Waals surface area contributed by atoms with Crippen molar-refractivity contribution in [1.29, 1.82) is 0 Å². The molecular formula is C23H13Br3N2O5. The van der Waals surface area contributed by atoms with Crippen LogP contribution in [0.1, 0.15) is 16.7 Å². The summed E-state index contributed by atoms with van der Waals surface area (Å²) in [6, 6.07) is 17.1. The number of rotatable bonds is 6. The second-order valence-electron chi connectivity index (χ2n) is 6.84. The van der Waals surface area contributed by atoms with Gasteiger partial charge >= 0.3 is 5.97 Å². The van der Waals surface area contributed by atoms with Crippen LogP contribution in [-0.4, -0.2) is 16.8 Å². The summed E-state index contributed by atoms with van der Waals surface area (Å²) in [7, 11) is 0.